The number of carbonyl (C=O) groups is 4. The standard InChI is InChI=1S/C13H12N2O4/c1-9(16)7-14-11(17)12(18)15(13(14)19)8-10-5-3-2-4-6-10/h2-6H,7-8H2,1H3. The topological polar surface area (TPSA) is 74.8 Å². The molecule has 6 heteroatoms. The van der Waals surface area contributed by atoms with Gasteiger partial charge in [-0.05, 0) is 12.5 Å². The second-order valence-corrected chi connectivity index (χ2v) is 4.25. The Morgan fingerprint density at radius 1 is 1.00 bits per heavy atom. The number of hydrogen-bond acceptors (Lipinski definition) is 4. The van der Waals surface area contributed by atoms with Gasteiger partial charge in [0.25, 0.3) is 0 Å². The number of amides is 4. The highest BCUT2D eigenvalue weighted by Crippen LogP contribution is 2.15. The third kappa shape index (κ3) is 2.52. The first-order chi connectivity index (χ1) is 9.00. The molecule has 1 aromatic rings. The molecular weight excluding hydrogens is 248 g/mol. The van der Waals surface area contributed by atoms with Crippen molar-refractivity contribution in [2.24, 2.45) is 0 Å². The van der Waals surface area contributed by atoms with E-state index in [-0.39, 0.29) is 18.9 Å². The van der Waals surface area contributed by atoms with Crippen molar-refractivity contribution in [3.05, 3.63) is 35.9 Å². The van der Waals surface area contributed by atoms with E-state index in [9.17, 15) is 19.2 Å². The predicted molar refractivity (Wildman–Crippen MR) is 64.8 cm³/mol. The maximum Gasteiger partial charge on any atom is 0.334 e. The Bertz CT molecular complexity index is 553. The maximum atomic E-state index is 11.9. The van der Waals surface area contributed by atoms with Crippen molar-refractivity contribution in [1.82, 2.24) is 9.80 Å². The Hall–Kier alpha value is -2.50. The monoisotopic (exact) mass is 260 g/mol. The summed E-state index contributed by atoms with van der Waals surface area (Å²) < 4.78 is 0. The quantitative estimate of drug-likeness (QED) is 0.586. The molecule has 1 saturated heterocycles. The van der Waals surface area contributed by atoms with E-state index in [1.54, 1.807) is 24.3 Å². The van der Waals surface area contributed by atoms with Crippen LogP contribution in [-0.2, 0) is 20.9 Å². The first-order valence-corrected chi connectivity index (χ1v) is 5.71. The molecule has 2 rings (SSSR count). The summed E-state index contributed by atoms with van der Waals surface area (Å²) >= 11 is 0. The highest BCUT2D eigenvalue weighted by molar-refractivity contribution is 6.44. The number of rotatable bonds is 4. The van der Waals surface area contributed by atoms with Gasteiger partial charge in [-0.1, -0.05) is 30.3 Å². The van der Waals surface area contributed by atoms with Gasteiger partial charge in [-0.2, -0.15) is 0 Å². The van der Waals surface area contributed by atoms with Gasteiger partial charge in [-0.3, -0.25) is 19.3 Å². The Kier molecular flexibility index (Phi) is 3.41. The summed E-state index contributed by atoms with van der Waals surface area (Å²) in [6.07, 6.45) is 0. The summed E-state index contributed by atoms with van der Waals surface area (Å²) in [5.41, 5.74) is 0.738. The van der Waals surface area contributed by atoms with Crippen molar-refractivity contribution in [3.8, 4) is 0 Å². The number of hydrogen-bond donors (Lipinski definition) is 0. The minimum atomic E-state index is -0.948. The molecule has 0 N–H and O–H groups in total. The fourth-order valence-electron chi connectivity index (χ4n) is 1.82. The lowest BCUT2D eigenvalue weighted by molar-refractivity contribution is -0.144. The Balaban J connectivity index is 2.18. The lowest BCUT2D eigenvalue weighted by Crippen LogP contribution is -2.36. The predicted octanol–water partition coefficient (Wildman–Crippen LogP) is 0.566. The van der Waals surface area contributed by atoms with Gasteiger partial charge in [-0.25, -0.2) is 9.69 Å². The van der Waals surface area contributed by atoms with Gasteiger partial charge in [0, 0.05) is 0 Å². The lowest BCUT2D eigenvalue weighted by atomic mass is 10.2. The number of imide groups is 2. The molecule has 0 bridgehead atoms. The van der Waals surface area contributed by atoms with E-state index in [1.807, 2.05) is 6.07 Å². The number of nitrogens with zero attached hydrogens (tertiary/aromatic N) is 2. The summed E-state index contributed by atoms with van der Waals surface area (Å²) in [7, 11) is 0. The van der Waals surface area contributed by atoms with Crippen molar-refractivity contribution < 1.29 is 19.2 Å². The SMILES string of the molecule is CC(=O)CN1C(=O)C(=O)N(Cc2ccccc2)C1=O. The van der Waals surface area contributed by atoms with Crippen molar-refractivity contribution in [3.63, 3.8) is 0 Å². The normalized spacial score (nSPS) is 15.3. The van der Waals surface area contributed by atoms with Crippen LogP contribution in [0.1, 0.15) is 12.5 Å². The largest absolute Gasteiger partial charge is 0.334 e. The molecule has 0 atom stereocenters. The van der Waals surface area contributed by atoms with Crippen LogP contribution in [0.15, 0.2) is 30.3 Å². The van der Waals surface area contributed by atoms with Crippen molar-refractivity contribution in [2.45, 2.75) is 13.5 Å². The third-order valence-electron chi connectivity index (χ3n) is 2.70. The van der Waals surface area contributed by atoms with Crippen LogP contribution in [0, 0.1) is 0 Å². The first kappa shape index (κ1) is 12.9. The summed E-state index contributed by atoms with van der Waals surface area (Å²) in [4.78, 5) is 47.8. The average Bonchev–Trinajstić information content (AvgIpc) is 2.57. The number of Topliss-reactive ketones (excluding diaryl/α,β-unsaturated/α-hetero) is 1. The van der Waals surface area contributed by atoms with Gasteiger partial charge in [0.2, 0.25) is 0 Å². The van der Waals surface area contributed by atoms with Crippen LogP contribution in [0.5, 0.6) is 0 Å². The molecule has 0 radical (unpaired) electrons. The molecule has 0 aliphatic carbocycles. The third-order valence-corrected chi connectivity index (χ3v) is 2.70. The fraction of sp³-hybridized carbons (Fsp3) is 0.231. The van der Waals surface area contributed by atoms with E-state index >= 15 is 0 Å². The van der Waals surface area contributed by atoms with Crippen molar-refractivity contribution in [1.29, 1.82) is 0 Å². The highest BCUT2D eigenvalue weighted by Gasteiger charge is 2.44. The van der Waals surface area contributed by atoms with Crippen molar-refractivity contribution in [2.75, 3.05) is 6.54 Å². The van der Waals surface area contributed by atoms with Gasteiger partial charge in [0.05, 0.1) is 13.1 Å². The number of carbonyl (C=O) groups excluding carboxylic acids is 4. The number of ketones is 1. The summed E-state index contributed by atoms with van der Waals surface area (Å²) in [5, 5.41) is 0. The molecule has 0 aromatic heterocycles. The number of benzene rings is 1. The second-order valence-electron chi connectivity index (χ2n) is 4.25. The molecule has 4 amide bonds. The second kappa shape index (κ2) is 5.01. The molecule has 1 fully saturated rings. The van der Waals surface area contributed by atoms with E-state index in [1.165, 1.54) is 6.92 Å². The van der Waals surface area contributed by atoms with Gasteiger partial charge in [0.1, 0.15) is 5.78 Å². The molecule has 1 aliphatic heterocycles. The van der Waals surface area contributed by atoms with Crippen LogP contribution in [0.2, 0.25) is 0 Å². The molecule has 6 nitrogen and oxygen atoms in total. The fourth-order valence-corrected chi connectivity index (χ4v) is 1.82. The van der Waals surface area contributed by atoms with E-state index < -0.39 is 17.8 Å². The minimum absolute atomic E-state index is 0.0264. The molecule has 0 saturated carbocycles. The van der Waals surface area contributed by atoms with Gasteiger partial charge < -0.3 is 0 Å². The Labute approximate surface area is 109 Å². The Morgan fingerprint density at radius 3 is 2.16 bits per heavy atom. The molecule has 1 aromatic carbocycles. The molecule has 0 unspecified atom stereocenters. The molecule has 98 valence electrons. The van der Waals surface area contributed by atoms with E-state index in [2.05, 4.69) is 0 Å². The minimum Gasteiger partial charge on any atom is -0.298 e. The average molecular weight is 260 g/mol. The zero-order valence-electron chi connectivity index (χ0n) is 10.3. The zero-order valence-corrected chi connectivity index (χ0v) is 10.3. The van der Waals surface area contributed by atoms with E-state index in [4.69, 9.17) is 0 Å². The van der Waals surface area contributed by atoms with Gasteiger partial charge in [-0.15, -0.1) is 0 Å². The Morgan fingerprint density at radius 2 is 1.58 bits per heavy atom. The van der Waals surface area contributed by atoms with Crippen molar-refractivity contribution >= 4 is 23.6 Å². The summed E-state index contributed by atoms with van der Waals surface area (Å²) in [6, 6.07) is 8.11. The highest BCUT2D eigenvalue weighted by atomic mass is 16.2. The molecule has 1 aliphatic rings. The van der Waals surface area contributed by atoms with Crippen LogP contribution in [0.3, 0.4) is 0 Å². The molecular formula is C13H12N2O4. The maximum absolute atomic E-state index is 11.9. The summed E-state index contributed by atoms with van der Waals surface area (Å²) in [5.74, 6) is -2.19. The number of urea groups is 1. The lowest BCUT2D eigenvalue weighted by Gasteiger charge is -2.14. The molecule has 19 heavy (non-hydrogen) atoms. The van der Waals surface area contributed by atoms with Crippen LogP contribution < -0.4 is 0 Å². The van der Waals surface area contributed by atoms with Crippen LogP contribution in [-0.4, -0.2) is 40.0 Å². The molecule has 0 spiro atoms. The van der Waals surface area contributed by atoms with Crippen LogP contribution in [0.4, 0.5) is 4.79 Å². The van der Waals surface area contributed by atoms with E-state index in [0.29, 0.717) is 4.90 Å². The van der Waals surface area contributed by atoms with Crippen LogP contribution >= 0.6 is 0 Å². The smallest absolute Gasteiger partial charge is 0.298 e. The van der Waals surface area contributed by atoms with E-state index in [0.717, 1.165) is 10.5 Å². The zero-order chi connectivity index (χ0) is 14.0. The summed E-state index contributed by atoms with van der Waals surface area (Å²) in [6.45, 7) is 0.915. The van der Waals surface area contributed by atoms with Gasteiger partial charge >= 0.3 is 17.8 Å². The van der Waals surface area contributed by atoms with Gasteiger partial charge in [0.15, 0.2) is 0 Å². The van der Waals surface area contributed by atoms with Crippen LogP contribution in [0.25, 0.3) is 0 Å². The molecule has 1 heterocycles. The first-order valence-electron chi connectivity index (χ1n) is 5.71.